The zero-order valence-electron chi connectivity index (χ0n) is 15.3. The zero-order chi connectivity index (χ0) is 16.9. The summed E-state index contributed by atoms with van der Waals surface area (Å²) in [6.45, 7) is 9.57. The van der Waals surface area contributed by atoms with Gasteiger partial charge in [0.1, 0.15) is 0 Å². The summed E-state index contributed by atoms with van der Waals surface area (Å²) in [6.07, 6.45) is 6.02. The van der Waals surface area contributed by atoms with E-state index in [1.54, 1.807) is 0 Å². The van der Waals surface area contributed by atoms with E-state index in [0.29, 0.717) is 12.1 Å². The van der Waals surface area contributed by atoms with Crippen molar-refractivity contribution in [2.24, 2.45) is 0 Å². The summed E-state index contributed by atoms with van der Waals surface area (Å²) in [5.41, 5.74) is 2.25. The molecule has 24 heavy (non-hydrogen) atoms. The van der Waals surface area contributed by atoms with Gasteiger partial charge in [-0.05, 0) is 58.0 Å². The summed E-state index contributed by atoms with van der Waals surface area (Å²) < 4.78 is 12.5. The lowest BCUT2D eigenvalue weighted by Gasteiger charge is -2.34. The van der Waals surface area contributed by atoms with E-state index in [4.69, 9.17) is 9.31 Å². The van der Waals surface area contributed by atoms with E-state index in [9.17, 15) is 0 Å². The third kappa shape index (κ3) is 2.75. The number of rotatable bonds is 3. The highest BCUT2D eigenvalue weighted by molar-refractivity contribution is 6.54. The van der Waals surface area contributed by atoms with Crippen LogP contribution in [-0.2, 0) is 15.9 Å². The molecule has 2 saturated heterocycles. The lowest BCUT2D eigenvalue weighted by molar-refractivity contribution is 0.00578. The van der Waals surface area contributed by atoms with Gasteiger partial charge in [-0.1, -0.05) is 36.4 Å². The first-order valence-electron chi connectivity index (χ1n) is 9.22. The number of fused-ring (bicyclic) bond motifs is 2. The van der Waals surface area contributed by atoms with Crippen molar-refractivity contribution < 1.29 is 9.31 Å². The largest absolute Gasteiger partial charge is 0.490 e. The van der Waals surface area contributed by atoms with Crippen LogP contribution in [-0.4, -0.2) is 35.3 Å². The van der Waals surface area contributed by atoms with Gasteiger partial charge in [0.15, 0.2) is 0 Å². The van der Waals surface area contributed by atoms with Crippen molar-refractivity contribution in [1.82, 2.24) is 4.90 Å². The minimum Gasteiger partial charge on any atom is -0.400 e. The van der Waals surface area contributed by atoms with Crippen LogP contribution >= 0.6 is 0 Å². The highest BCUT2D eigenvalue weighted by atomic mass is 16.7. The fraction of sp³-hybridized carbons (Fsp3) is 0.600. The highest BCUT2D eigenvalue weighted by Gasteiger charge is 2.53. The summed E-state index contributed by atoms with van der Waals surface area (Å²) in [5, 5.41) is 0. The first kappa shape index (κ1) is 16.4. The average molecular weight is 325 g/mol. The molecule has 3 heterocycles. The molecule has 0 radical (unpaired) electrons. The van der Waals surface area contributed by atoms with Crippen LogP contribution in [0.5, 0.6) is 0 Å². The predicted octanol–water partition coefficient (Wildman–Crippen LogP) is 3.98. The maximum atomic E-state index is 6.27. The van der Waals surface area contributed by atoms with Gasteiger partial charge in [0.2, 0.25) is 0 Å². The van der Waals surface area contributed by atoms with Crippen molar-refractivity contribution in [3.8, 4) is 0 Å². The molecule has 4 rings (SSSR count). The number of nitrogens with zero attached hydrogens (tertiary/aromatic N) is 1. The van der Waals surface area contributed by atoms with Crippen molar-refractivity contribution in [1.29, 1.82) is 0 Å². The van der Waals surface area contributed by atoms with Crippen LogP contribution in [0.2, 0.25) is 0 Å². The number of hydrogen-bond donors (Lipinski definition) is 0. The molecular formula is C20H28BNO2. The van der Waals surface area contributed by atoms with E-state index in [0.717, 1.165) is 13.0 Å². The molecule has 0 aromatic heterocycles. The smallest absolute Gasteiger partial charge is 0.400 e. The molecule has 2 atom stereocenters. The van der Waals surface area contributed by atoms with E-state index in [2.05, 4.69) is 69.0 Å². The predicted molar refractivity (Wildman–Crippen MR) is 97.6 cm³/mol. The van der Waals surface area contributed by atoms with Crippen molar-refractivity contribution in [3.63, 3.8) is 0 Å². The molecule has 4 heteroatoms. The van der Waals surface area contributed by atoms with E-state index >= 15 is 0 Å². The molecular weight excluding hydrogens is 297 g/mol. The Morgan fingerprint density at radius 3 is 2.33 bits per heavy atom. The molecule has 0 N–H and O–H groups in total. The second-order valence-corrected chi connectivity index (χ2v) is 8.49. The lowest BCUT2D eigenvalue weighted by atomic mass is 9.73. The molecule has 3 aliphatic heterocycles. The summed E-state index contributed by atoms with van der Waals surface area (Å²) in [5.74, 6) is 0. The summed E-state index contributed by atoms with van der Waals surface area (Å²) >= 11 is 0. The Labute approximate surface area is 146 Å². The molecule has 2 bridgehead atoms. The number of benzene rings is 1. The minimum absolute atomic E-state index is 0.169. The maximum absolute atomic E-state index is 6.27. The Morgan fingerprint density at radius 2 is 1.71 bits per heavy atom. The van der Waals surface area contributed by atoms with Crippen LogP contribution in [0.25, 0.3) is 0 Å². The quantitative estimate of drug-likeness (QED) is 0.785. The van der Waals surface area contributed by atoms with Crippen LogP contribution < -0.4 is 0 Å². The van der Waals surface area contributed by atoms with Crippen molar-refractivity contribution in [2.45, 2.75) is 76.8 Å². The molecule has 0 amide bonds. The Hall–Kier alpha value is -1.10. The minimum atomic E-state index is -0.251. The molecule has 0 spiro atoms. The molecule has 1 aromatic carbocycles. The molecule has 3 nitrogen and oxygen atoms in total. The van der Waals surface area contributed by atoms with Gasteiger partial charge in [0, 0.05) is 18.6 Å². The average Bonchev–Trinajstić information content (AvgIpc) is 2.89. The zero-order valence-corrected chi connectivity index (χ0v) is 15.3. The second kappa shape index (κ2) is 5.72. The van der Waals surface area contributed by atoms with Crippen molar-refractivity contribution >= 4 is 7.12 Å². The van der Waals surface area contributed by atoms with Gasteiger partial charge in [-0.3, -0.25) is 4.90 Å². The van der Waals surface area contributed by atoms with E-state index in [1.165, 1.54) is 23.9 Å². The van der Waals surface area contributed by atoms with Gasteiger partial charge >= 0.3 is 7.12 Å². The standard InChI is InChI=1S/C20H28BNO2/c1-19(2)20(3,4)24-21(23-19)16-12-17-10-11-18(13-16)22(17)14-15-8-6-5-7-9-15/h5-9,12,17-18H,10-11,13-14H2,1-4H3/t17-,18+/m1/s1. The third-order valence-electron chi connectivity index (χ3n) is 6.33. The number of hydrogen-bond acceptors (Lipinski definition) is 3. The third-order valence-corrected chi connectivity index (χ3v) is 6.33. The normalized spacial score (nSPS) is 31.3. The van der Waals surface area contributed by atoms with Crippen LogP contribution in [0, 0.1) is 0 Å². The van der Waals surface area contributed by atoms with Crippen LogP contribution in [0.1, 0.15) is 52.5 Å². The SMILES string of the molecule is CC1(C)OB(C2=C[C@H]3CC[C@@H](C2)N3Cc2ccccc2)OC1(C)C. The molecule has 128 valence electrons. The molecule has 0 saturated carbocycles. The van der Waals surface area contributed by atoms with Gasteiger partial charge in [-0.25, -0.2) is 0 Å². The van der Waals surface area contributed by atoms with Crippen molar-refractivity contribution in [2.75, 3.05) is 0 Å². The van der Waals surface area contributed by atoms with Crippen LogP contribution in [0.4, 0.5) is 0 Å². The topological polar surface area (TPSA) is 21.7 Å². The highest BCUT2D eigenvalue weighted by Crippen LogP contribution is 2.43. The summed E-state index contributed by atoms with van der Waals surface area (Å²) in [4.78, 5) is 2.66. The van der Waals surface area contributed by atoms with E-state index in [1.807, 2.05) is 0 Å². The van der Waals surface area contributed by atoms with Crippen molar-refractivity contribution in [3.05, 3.63) is 47.4 Å². The van der Waals surface area contributed by atoms with Gasteiger partial charge in [-0.2, -0.15) is 0 Å². The molecule has 2 fully saturated rings. The molecule has 0 aliphatic carbocycles. The van der Waals surface area contributed by atoms with Crippen LogP contribution in [0.3, 0.4) is 0 Å². The van der Waals surface area contributed by atoms with E-state index < -0.39 is 0 Å². The first-order chi connectivity index (χ1) is 11.4. The monoisotopic (exact) mass is 325 g/mol. The van der Waals surface area contributed by atoms with Gasteiger partial charge in [0.05, 0.1) is 11.2 Å². The van der Waals surface area contributed by atoms with Gasteiger partial charge in [0.25, 0.3) is 0 Å². The Morgan fingerprint density at radius 1 is 1.04 bits per heavy atom. The Balaban J connectivity index is 1.51. The molecule has 1 aromatic rings. The fourth-order valence-corrected chi connectivity index (χ4v) is 4.16. The van der Waals surface area contributed by atoms with E-state index in [-0.39, 0.29) is 18.3 Å². The second-order valence-electron chi connectivity index (χ2n) is 8.49. The molecule has 0 unspecified atom stereocenters. The fourth-order valence-electron chi connectivity index (χ4n) is 4.16. The maximum Gasteiger partial charge on any atom is 0.490 e. The first-order valence-corrected chi connectivity index (χ1v) is 9.22. The van der Waals surface area contributed by atoms with Gasteiger partial charge < -0.3 is 9.31 Å². The van der Waals surface area contributed by atoms with Gasteiger partial charge in [-0.15, -0.1) is 0 Å². The summed E-state index contributed by atoms with van der Waals surface area (Å²) in [6, 6.07) is 12.0. The lowest BCUT2D eigenvalue weighted by Crippen LogP contribution is -2.41. The Kier molecular flexibility index (Phi) is 3.90. The molecule has 3 aliphatic rings. The summed E-state index contributed by atoms with van der Waals surface area (Å²) in [7, 11) is -0.169. The van der Waals surface area contributed by atoms with Crippen LogP contribution in [0.15, 0.2) is 41.9 Å². The Bertz CT molecular complexity index is 624.